The molecule has 1 aromatic carbocycles. The fourth-order valence-electron chi connectivity index (χ4n) is 1.54. The van der Waals surface area contributed by atoms with Gasteiger partial charge in [0.2, 0.25) is 20.0 Å². The van der Waals surface area contributed by atoms with E-state index in [-0.39, 0.29) is 15.0 Å². The maximum Gasteiger partial charge on any atom is 0.340 e. The Kier molecular flexibility index (Phi) is 4.82. The second-order valence-electron chi connectivity index (χ2n) is 3.88. The molecule has 0 saturated carbocycles. The van der Waals surface area contributed by atoms with Crippen molar-refractivity contribution in [2.24, 2.45) is 0 Å². The average molecular weight is 386 g/mol. The van der Waals surface area contributed by atoms with Crippen molar-refractivity contribution < 1.29 is 26.4 Å². The minimum absolute atomic E-state index is 0.183. The number of hydrogen-bond acceptors (Lipinski definition) is 6. The number of carbonyl (C=O) groups is 1. The molecule has 1 aromatic rings. The molecular weight excluding hydrogens is 374 g/mol. The number of methoxy groups -OCH3 is 1. The Morgan fingerprint density at radius 1 is 1.15 bits per heavy atom. The number of carbonyl (C=O) groups excluding carboxylic acids is 1. The molecule has 0 unspecified atom stereocenters. The molecule has 0 saturated heterocycles. The van der Waals surface area contributed by atoms with Crippen molar-refractivity contribution in [1.29, 1.82) is 0 Å². The second-order valence-corrected chi connectivity index (χ2v) is 8.69. The third kappa shape index (κ3) is 3.70. The number of hydrogen-bond donors (Lipinski definition) is 0. The van der Waals surface area contributed by atoms with Gasteiger partial charge in [0.05, 0.1) is 30.9 Å². The number of nitrogens with zero attached hydrogens (tertiary/aromatic N) is 1. The molecule has 0 bridgehead atoms. The Hall–Kier alpha value is -1.13. The molecule has 10 heteroatoms. The first-order chi connectivity index (χ1) is 8.98. The summed E-state index contributed by atoms with van der Waals surface area (Å²) in [6.07, 6.45) is 1.47. The zero-order chi connectivity index (χ0) is 15.7. The van der Waals surface area contributed by atoms with Crippen LogP contribution < -0.4 is 3.71 Å². The van der Waals surface area contributed by atoms with E-state index in [1.807, 2.05) is 0 Å². The topological polar surface area (TPSA) is 97.8 Å². The van der Waals surface area contributed by atoms with Crippen LogP contribution in [0.15, 0.2) is 22.7 Å². The Balaban J connectivity index is 3.71. The highest BCUT2D eigenvalue weighted by Crippen LogP contribution is 2.29. The quantitative estimate of drug-likeness (QED) is 0.715. The lowest BCUT2D eigenvalue weighted by molar-refractivity contribution is 0.0602. The second kappa shape index (κ2) is 5.70. The van der Waals surface area contributed by atoms with Gasteiger partial charge in [-0.2, -0.15) is 3.71 Å². The van der Waals surface area contributed by atoms with Gasteiger partial charge in [-0.05, 0) is 18.2 Å². The van der Waals surface area contributed by atoms with Crippen molar-refractivity contribution in [2.45, 2.75) is 0 Å². The van der Waals surface area contributed by atoms with E-state index in [1.165, 1.54) is 18.2 Å². The summed E-state index contributed by atoms with van der Waals surface area (Å²) in [6, 6.07) is 3.91. The summed E-state index contributed by atoms with van der Waals surface area (Å²) < 4.78 is 52.0. The van der Waals surface area contributed by atoms with Gasteiger partial charge >= 0.3 is 5.97 Å². The van der Waals surface area contributed by atoms with Crippen LogP contribution in [0.1, 0.15) is 10.4 Å². The molecule has 0 aliphatic carbocycles. The molecule has 20 heavy (non-hydrogen) atoms. The molecule has 0 amide bonds. The molecule has 1 rings (SSSR count). The zero-order valence-electron chi connectivity index (χ0n) is 10.8. The number of sulfonamides is 2. The fourth-order valence-corrected chi connectivity index (χ4v) is 4.91. The maximum atomic E-state index is 11.7. The van der Waals surface area contributed by atoms with Crippen molar-refractivity contribution in [2.75, 3.05) is 23.3 Å². The summed E-state index contributed by atoms with van der Waals surface area (Å²) in [5.41, 5.74) is -0.470. The summed E-state index contributed by atoms with van der Waals surface area (Å²) in [5.74, 6) is -0.849. The van der Waals surface area contributed by atoms with Gasteiger partial charge in [0.25, 0.3) is 0 Å². The van der Waals surface area contributed by atoms with Crippen molar-refractivity contribution in [3.05, 3.63) is 28.2 Å². The van der Waals surface area contributed by atoms with Gasteiger partial charge in [0.15, 0.2) is 0 Å². The highest BCUT2D eigenvalue weighted by Gasteiger charge is 2.31. The zero-order valence-corrected chi connectivity index (χ0v) is 14.0. The number of benzene rings is 1. The van der Waals surface area contributed by atoms with E-state index < -0.39 is 26.0 Å². The van der Waals surface area contributed by atoms with E-state index in [9.17, 15) is 21.6 Å². The Bertz CT molecular complexity index is 709. The molecule has 0 aliphatic heterocycles. The number of ether oxygens (including phenoxy) is 1. The highest BCUT2D eigenvalue weighted by atomic mass is 79.9. The number of halogens is 1. The lowest BCUT2D eigenvalue weighted by Crippen LogP contribution is -2.36. The molecular formula is C10H12BrNO6S2. The van der Waals surface area contributed by atoms with E-state index in [4.69, 9.17) is 0 Å². The SMILES string of the molecule is COC(=O)c1cc(Br)ccc1N(S(C)(=O)=O)S(C)(=O)=O. The summed E-state index contributed by atoms with van der Waals surface area (Å²) >= 11 is 3.12. The van der Waals surface area contributed by atoms with E-state index in [1.54, 1.807) is 0 Å². The van der Waals surface area contributed by atoms with Crippen LogP contribution in [-0.2, 0) is 24.8 Å². The average Bonchev–Trinajstić information content (AvgIpc) is 2.26. The minimum Gasteiger partial charge on any atom is -0.465 e. The van der Waals surface area contributed by atoms with Crippen LogP contribution in [-0.4, -0.2) is 42.4 Å². The first kappa shape index (κ1) is 16.9. The minimum atomic E-state index is -4.13. The lowest BCUT2D eigenvalue weighted by atomic mass is 10.2. The van der Waals surface area contributed by atoms with Gasteiger partial charge in [-0.3, -0.25) is 0 Å². The molecule has 0 N–H and O–H groups in total. The summed E-state index contributed by atoms with van der Waals surface area (Å²) in [6.45, 7) is 0. The molecule has 0 fully saturated rings. The number of rotatable bonds is 4. The first-order valence-electron chi connectivity index (χ1n) is 5.07. The van der Waals surface area contributed by atoms with Crippen LogP contribution in [0.5, 0.6) is 0 Å². The molecule has 112 valence electrons. The van der Waals surface area contributed by atoms with Gasteiger partial charge < -0.3 is 4.74 Å². The van der Waals surface area contributed by atoms with Gasteiger partial charge in [0, 0.05) is 4.47 Å². The van der Waals surface area contributed by atoms with Crippen LogP contribution in [0.2, 0.25) is 0 Å². The van der Waals surface area contributed by atoms with Gasteiger partial charge in [-0.1, -0.05) is 15.9 Å². The fraction of sp³-hybridized carbons (Fsp3) is 0.300. The molecule has 0 radical (unpaired) electrons. The van der Waals surface area contributed by atoms with Gasteiger partial charge in [-0.15, -0.1) is 0 Å². The van der Waals surface area contributed by atoms with Gasteiger partial charge in [0.1, 0.15) is 0 Å². The standard InChI is InChI=1S/C10H12BrNO6S2/c1-18-10(13)8-6-7(11)4-5-9(8)12(19(2,14)15)20(3,16)17/h4-6H,1-3H3. The Morgan fingerprint density at radius 2 is 1.65 bits per heavy atom. The smallest absolute Gasteiger partial charge is 0.340 e. The van der Waals surface area contributed by atoms with Crippen LogP contribution in [0.3, 0.4) is 0 Å². The Morgan fingerprint density at radius 3 is 2.05 bits per heavy atom. The van der Waals surface area contributed by atoms with Crippen molar-refractivity contribution in [3.8, 4) is 0 Å². The van der Waals surface area contributed by atoms with E-state index in [0.29, 0.717) is 4.47 Å². The first-order valence-corrected chi connectivity index (χ1v) is 9.56. The highest BCUT2D eigenvalue weighted by molar-refractivity contribution is 9.10. The van der Waals surface area contributed by atoms with Crippen molar-refractivity contribution in [3.63, 3.8) is 0 Å². The normalized spacial score (nSPS) is 12.0. The predicted octanol–water partition coefficient (Wildman–Crippen LogP) is 0.961. The van der Waals surface area contributed by atoms with Crippen LogP contribution in [0.25, 0.3) is 0 Å². The van der Waals surface area contributed by atoms with E-state index in [0.717, 1.165) is 19.6 Å². The number of anilines is 1. The maximum absolute atomic E-state index is 11.7. The van der Waals surface area contributed by atoms with Crippen LogP contribution in [0, 0.1) is 0 Å². The summed E-state index contributed by atoms with van der Waals surface area (Å²) in [7, 11) is -7.15. The molecule has 7 nitrogen and oxygen atoms in total. The van der Waals surface area contributed by atoms with Crippen molar-refractivity contribution >= 4 is 47.6 Å². The third-order valence-corrected chi connectivity index (χ3v) is 5.88. The molecule has 0 spiro atoms. The third-order valence-electron chi connectivity index (χ3n) is 2.16. The van der Waals surface area contributed by atoms with Crippen molar-refractivity contribution in [1.82, 2.24) is 0 Å². The molecule has 0 aromatic heterocycles. The number of esters is 1. The van der Waals surface area contributed by atoms with Crippen LogP contribution in [0.4, 0.5) is 5.69 Å². The Labute approximate surface area is 125 Å². The molecule has 0 heterocycles. The molecule has 0 atom stereocenters. The molecule has 0 aliphatic rings. The van der Waals surface area contributed by atoms with E-state index >= 15 is 0 Å². The predicted molar refractivity (Wildman–Crippen MR) is 77.6 cm³/mol. The summed E-state index contributed by atoms with van der Waals surface area (Å²) in [4.78, 5) is 11.7. The van der Waals surface area contributed by atoms with Crippen LogP contribution >= 0.6 is 15.9 Å². The monoisotopic (exact) mass is 385 g/mol. The van der Waals surface area contributed by atoms with E-state index in [2.05, 4.69) is 20.7 Å². The largest absolute Gasteiger partial charge is 0.465 e. The van der Waals surface area contributed by atoms with Gasteiger partial charge in [-0.25, -0.2) is 21.6 Å². The summed E-state index contributed by atoms with van der Waals surface area (Å²) in [5, 5.41) is 0. The lowest BCUT2D eigenvalue weighted by Gasteiger charge is -2.21.